The lowest BCUT2D eigenvalue weighted by molar-refractivity contribution is -0.129. The fourth-order valence-corrected chi connectivity index (χ4v) is 2.73. The van der Waals surface area contributed by atoms with Crippen molar-refractivity contribution in [1.29, 1.82) is 0 Å². The van der Waals surface area contributed by atoms with Crippen LogP contribution >= 0.6 is 0 Å². The molecule has 106 valence electrons. The topological polar surface area (TPSA) is 88.0 Å². The van der Waals surface area contributed by atoms with Crippen molar-refractivity contribution in [3.63, 3.8) is 0 Å². The first-order valence-corrected chi connectivity index (χ1v) is 6.37. The van der Waals surface area contributed by atoms with Crippen molar-refractivity contribution in [3.05, 3.63) is 47.5 Å². The summed E-state index contributed by atoms with van der Waals surface area (Å²) in [6.45, 7) is 0.0411. The van der Waals surface area contributed by atoms with Crippen LogP contribution in [0.2, 0.25) is 0 Å². The van der Waals surface area contributed by atoms with Crippen LogP contribution in [0.1, 0.15) is 11.1 Å². The molecule has 2 aliphatic rings. The predicted molar refractivity (Wildman–Crippen MR) is 72.3 cm³/mol. The molecule has 1 amide bonds. The molecular formula is C15H11NO5. The van der Waals surface area contributed by atoms with E-state index in [9.17, 15) is 15.0 Å². The molecule has 0 unspecified atom stereocenters. The quantitative estimate of drug-likeness (QED) is 0.735. The van der Waals surface area contributed by atoms with Gasteiger partial charge in [-0.25, -0.2) is 0 Å². The third kappa shape index (κ3) is 1.47. The van der Waals surface area contributed by atoms with Crippen LogP contribution in [0.25, 0.3) is 0 Å². The zero-order valence-corrected chi connectivity index (χ0v) is 10.8. The summed E-state index contributed by atoms with van der Waals surface area (Å²) in [6, 6.07) is 9.56. The molecule has 0 aromatic heterocycles. The Morgan fingerprint density at radius 2 is 1.81 bits per heavy atom. The highest BCUT2D eigenvalue weighted by Crippen LogP contribution is 2.47. The number of anilines is 1. The minimum atomic E-state index is -1.96. The lowest BCUT2D eigenvalue weighted by Gasteiger charge is -2.22. The zero-order valence-electron chi connectivity index (χ0n) is 10.8. The molecule has 4 rings (SSSR count). The maximum absolute atomic E-state index is 12.3. The van der Waals surface area contributed by atoms with Gasteiger partial charge in [0.05, 0.1) is 0 Å². The Balaban J connectivity index is 1.96. The third-order valence-electron chi connectivity index (χ3n) is 3.77. The van der Waals surface area contributed by atoms with Crippen molar-refractivity contribution in [2.45, 2.75) is 5.60 Å². The van der Waals surface area contributed by atoms with E-state index in [2.05, 4.69) is 5.32 Å². The number of phenols is 1. The molecule has 0 saturated carbocycles. The predicted octanol–water partition coefficient (Wildman–Crippen LogP) is 1.31. The Labute approximate surface area is 119 Å². The number of rotatable bonds is 1. The lowest BCUT2D eigenvalue weighted by Crippen LogP contribution is -2.35. The van der Waals surface area contributed by atoms with Crippen LogP contribution < -0.4 is 14.8 Å². The third-order valence-corrected chi connectivity index (χ3v) is 3.77. The van der Waals surface area contributed by atoms with Crippen LogP contribution in [0.3, 0.4) is 0 Å². The minimum absolute atomic E-state index is 0.0411. The molecule has 2 aliphatic heterocycles. The summed E-state index contributed by atoms with van der Waals surface area (Å²) in [7, 11) is 0. The molecule has 3 N–H and O–H groups in total. The molecule has 0 spiro atoms. The molecule has 2 aromatic rings. The number of ether oxygens (including phenoxy) is 2. The summed E-state index contributed by atoms with van der Waals surface area (Å²) in [4.78, 5) is 12.3. The molecule has 2 heterocycles. The number of nitrogens with one attached hydrogen (secondary N) is 1. The highest BCUT2D eigenvalue weighted by molar-refractivity contribution is 6.07. The molecule has 1 atom stereocenters. The van der Waals surface area contributed by atoms with Crippen molar-refractivity contribution in [2.75, 3.05) is 12.1 Å². The second-order valence-corrected chi connectivity index (χ2v) is 4.93. The highest BCUT2D eigenvalue weighted by atomic mass is 16.7. The summed E-state index contributed by atoms with van der Waals surface area (Å²) in [6.07, 6.45) is 0. The van der Waals surface area contributed by atoms with Gasteiger partial charge in [0.25, 0.3) is 5.91 Å². The first-order valence-electron chi connectivity index (χ1n) is 6.37. The van der Waals surface area contributed by atoms with Gasteiger partial charge in [-0.15, -0.1) is 0 Å². The number of amides is 1. The monoisotopic (exact) mass is 285 g/mol. The molecule has 21 heavy (non-hydrogen) atoms. The van der Waals surface area contributed by atoms with Gasteiger partial charge in [-0.3, -0.25) is 4.79 Å². The van der Waals surface area contributed by atoms with E-state index in [4.69, 9.17) is 9.47 Å². The maximum atomic E-state index is 12.3. The van der Waals surface area contributed by atoms with Gasteiger partial charge in [-0.05, 0) is 12.1 Å². The molecule has 0 radical (unpaired) electrons. The Morgan fingerprint density at radius 1 is 1.10 bits per heavy atom. The Kier molecular flexibility index (Phi) is 2.23. The van der Waals surface area contributed by atoms with Crippen molar-refractivity contribution in [1.82, 2.24) is 0 Å². The summed E-state index contributed by atoms with van der Waals surface area (Å²) < 4.78 is 10.4. The summed E-state index contributed by atoms with van der Waals surface area (Å²) in [5, 5.41) is 23.7. The maximum Gasteiger partial charge on any atom is 0.266 e. The van der Waals surface area contributed by atoms with Crippen LogP contribution in [0.4, 0.5) is 5.69 Å². The van der Waals surface area contributed by atoms with E-state index in [1.165, 1.54) is 12.1 Å². The lowest BCUT2D eigenvalue weighted by atomic mass is 9.86. The molecule has 0 fully saturated rings. The Bertz CT molecular complexity index is 773. The van der Waals surface area contributed by atoms with Crippen LogP contribution in [-0.2, 0) is 10.4 Å². The van der Waals surface area contributed by atoms with E-state index < -0.39 is 11.5 Å². The number of para-hydroxylation sites is 1. The van der Waals surface area contributed by atoms with Crippen molar-refractivity contribution in [2.24, 2.45) is 0 Å². The SMILES string of the molecule is O=C1Nc2ccccc2[C@@]1(O)c1cc2c(cc1O)OCO2. The van der Waals surface area contributed by atoms with E-state index in [0.717, 1.165) is 0 Å². The number of fused-ring (bicyclic) bond motifs is 2. The molecule has 0 bridgehead atoms. The fourth-order valence-electron chi connectivity index (χ4n) is 2.73. The molecule has 0 aliphatic carbocycles. The average molecular weight is 285 g/mol. The van der Waals surface area contributed by atoms with E-state index in [0.29, 0.717) is 22.7 Å². The first-order chi connectivity index (χ1) is 10.1. The number of aliphatic hydroxyl groups is 1. The number of benzene rings is 2. The van der Waals surface area contributed by atoms with Crippen molar-refractivity contribution in [3.8, 4) is 17.2 Å². The Morgan fingerprint density at radius 3 is 2.62 bits per heavy atom. The van der Waals surface area contributed by atoms with Gasteiger partial charge in [0, 0.05) is 22.9 Å². The smallest absolute Gasteiger partial charge is 0.266 e. The summed E-state index contributed by atoms with van der Waals surface area (Å²) >= 11 is 0. The standard InChI is InChI=1S/C15H11NO5/c17-11-6-13-12(20-7-21-13)5-9(11)15(19)8-3-1-2-4-10(8)16-14(15)18/h1-6,17,19H,7H2,(H,16,18)/t15-/m1/s1. The van der Waals surface area contributed by atoms with Gasteiger partial charge >= 0.3 is 0 Å². The Hall–Kier alpha value is -2.73. The number of hydrogen-bond donors (Lipinski definition) is 3. The number of phenolic OH excluding ortho intramolecular Hbond substituents is 1. The number of hydrogen-bond acceptors (Lipinski definition) is 5. The molecular weight excluding hydrogens is 274 g/mol. The number of aromatic hydroxyl groups is 1. The van der Waals surface area contributed by atoms with Gasteiger partial charge in [0.15, 0.2) is 17.1 Å². The van der Waals surface area contributed by atoms with Crippen molar-refractivity contribution < 1.29 is 24.5 Å². The fraction of sp³-hybridized carbons (Fsp3) is 0.133. The van der Waals surface area contributed by atoms with E-state index in [1.54, 1.807) is 24.3 Å². The second-order valence-electron chi connectivity index (χ2n) is 4.93. The highest BCUT2D eigenvalue weighted by Gasteiger charge is 2.48. The van der Waals surface area contributed by atoms with Crippen LogP contribution in [0, 0.1) is 0 Å². The summed E-state index contributed by atoms with van der Waals surface area (Å²) in [5.74, 6) is -0.0774. The molecule has 6 heteroatoms. The van der Waals surface area contributed by atoms with E-state index in [1.807, 2.05) is 0 Å². The molecule has 2 aromatic carbocycles. The van der Waals surface area contributed by atoms with Crippen molar-refractivity contribution >= 4 is 11.6 Å². The zero-order chi connectivity index (χ0) is 14.6. The largest absolute Gasteiger partial charge is 0.507 e. The van der Waals surface area contributed by atoms with Gasteiger partial charge < -0.3 is 25.0 Å². The van der Waals surface area contributed by atoms with E-state index in [-0.39, 0.29) is 18.1 Å². The number of carbonyl (C=O) groups excluding carboxylic acids is 1. The minimum Gasteiger partial charge on any atom is -0.507 e. The van der Waals surface area contributed by atoms with Gasteiger partial charge in [-0.1, -0.05) is 18.2 Å². The van der Waals surface area contributed by atoms with Crippen LogP contribution in [0.5, 0.6) is 17.2 Å². The van der Waals surface area contributed by atoms with Crippen LogP contribution in [-0.4, -0.2) is 22.9 Å². The van der Waals surface area contributed by atoms with Gasteiger partial charge in [0.2, 0.25) is 6.79 Å². The number of carbonyl (C=O) groups is 1. The molecule has 6 nitrogen and oxygen atoms in total. The van der Waals surface area contributed by atoms with Crippen LogP contribution in [0.15, 0.2) is 36.4 Å². The molecule has 0 saturated heterocycles. The van der Waals surface area contributed by atoms with Gasteiger partial charge in [-0.2, -0.15) is 0 Å². The average Bonchev–Trinajstić information content (AvgIpc) is 3.02. The first kappa shape index (κ1) is 12.0. The summed E-state index contributed by atoms with van der Waals surface area (Å²) in [5.41, 5.74) is -0.984. The normalized spacial score (nSPS) is 22.0. The van der Waals surface area contributed by atoms with Gasteiger partial charge in [0.1, 0.15) is 5.75 Å². The van der Waals surface area contributed by atoms with E-state index >= 15 is 0 Å². The second kappa shape index (κ2) is 3.89.